The van der Waals surface area contributed by atoms with Gasteiger partial charge in [-0.15, -0.1) is 13.2 Å². The topological polar surface area (TPSA) is 56.8 Å². The van der Waals surface area contributed by atoms with Gasteiger partial charge in [-0.05, 0) is 65.6 Å². The lowest BCUT2D eigenvalue weighted by atomic mass is 9.87. The van der Waals surface area contributed by atoms with Gasteiger partial charge in [0.15, 0.2) is 0 Å². The molecule has 0 amide bonds. The van der Waals surface area contributed by atoms with Crippen LogP contribution < -0.4 is 14.8 Å². The fourth-order valence-corrected chi connectivity index (χ4v) is 3.12. The van der Waals surface area contributed by atoms with Crippen molar-refractivity contribution in [2.75, 3.05) is 12.4 Å². The summed E-state index contributed by atoms with van der Waals surface area (Å²) in [5.74, 6) is 0.259. The molecule has 3 aromatic rings. The van der Waals surface area contributed by atoms with E-state index in [2.05, 4.69) is 35.6 Å². The van der Waals surface area contributed by atoms with Crippen molar-refractivity contribution in [2.24, 2.45) is 0 Å². The number of halogens is 3. The number of esters is 1. The number of anilines is 2. The summed E-state index contributed by atoms with van der Waals surface area (Å²) < 4.78 is 51.8. The zero-order valence-corrected chi connectivity index (χ0v) is 19.8. The van der Waals surface area contributed by atoms with Crippen molar-refractivity contribution in [3.05, 3.63) is 83.9 Å². The van der Waals surface area contributed by atoms with Crippen molar-refractivity contribution in [1.82, 2.24) is 0 Å². The standard InChI is InChI=1S/C27H26F3NO4/c1-26(2,3)19-7-12-22(13-8-19)34-24-17-21(9-5-18(24)6-16-25(32)33-4)31-20-10-14-23(15-11-20)35-27(28,29)30/h5-17,31H,1-4H3. The molecule has 3 rings (SSSR count). The summed E-state index contributed by atoms with van der Waals surface area (Å²) in [6, 6.07) is 18.3. The molecule has 0 saturated carbocycles. The second-order valence-corrected chi connectivity index (χ2v) is 8.68. The third-order valence-electron chi connectivity index (χ3n) is 4.94. The van der Waals surface area contributed by atoms with Gasteiger partial charge in [0.05, 0.1) is 7.11 Å². The van der Waals surface area contributed by atoms with Crippen LogP contribution in [0.15, 0.2) is 72.8 Å². The van der Waals surface area contributed by atoms with Gasteiger partial charge in [-0.3, -0.25) is 0 Å². The maximum atomic E-state index is 12.4. The maximum Gasteiger partial charge on any atom is 0.573 e. The summed E-state index contributed by atoms with van der Waals surface area (Å²) in [6.07, 6.45) is -1.88. The number of hydrogen-bond donors (Lipinski definition) is 1. The summed E-state index contributed by atoms with van der Waals surface area (Å²) in [5.41, 5.74) is 2.97. The minimum absolute atomic E-state index is 0.00251. The predicted molar refractivity (Wildman–Crippen MR) is 129 cm³/mol. The first kappa shape index (κ1) is 25.7. The lowest BCUT2D eigenvalue weighted by molar-refractivity contribution is -0.274. The Balaban J connectivity index is 1.85. The second-order valence-electron chi connectivity index (χ2n) is 8.68. The summed E-state index contributed by atoms with van der Waals surface area (Å²) in [6.45, 7) is 6.36. The Bertz CT molecular complexity index is 1180. The van der Waals surface area contributed by atoms with E-state index in [-0.39, 0.29) is 11.2 Å². The van der Waals surface area contributed by atoms with Crippen molar-refractivity contribution in [3.8, 4) is 17.2 Å². The van der Waals surface area contributed by atoms with Crippen LogP contribution in [-0.2, 0) is 14.9 Å². The highest BCUT2D eigenvalue weighted by atomic mass is 19.4. The van der Waals surface area contributed by atoms with Gasteiger partial charge in [0.25, 0.3) is 0 Å². The fourth-order valence-electron chi connectivity index (χ4n) is 3.12. The molecule has 0 fully saturated rings. The van der Waals surface area contributed by atoms with Crippen LogP contribution in [0.25, 0.3) is 6.08 Å². The number of carbonyl (C=O) groups excluding carboxylic acids is 1. The molecule has 5 nitrogen and oxygen atoms in total. The van der Waals surface area contributed by atoms with Crippen LogP contribution in [0.4, 0.5) is 24.5 Å². The number of alkyl halides is 3. The average Bonchev–Trinajstić information content (AvgIpc) is 2.78. The van der Waals surface area contributed by atoms with E-state index in [1.165, 1.54) is 37.5 Å². The van der Waals surface area contributed by atoms with Gasteiger partial charge in [-0.1, -0.05) is 32.9 Å². The Morgan fingerprint density at radius 3 is 2.03 bits per heavy atom. The van der Waals surface area contributed by atoms with Crippen molar-refractivity contribution < 1.29 is 32.2 Å². The molecule has 3 aromatic carbocycles. The van der Waals surface area contributed by atoms with E-state index >= 15 is 0 Å². The van der Waals surface area contributed by atoms with Crippen LogP contribution in [0.1, 0.15) is 31.9 Å². The summed E-state index contributed by atoms with van der Waals surface area (Å²) >= 11 is 0. The molecule has 8 heteroatoms. The number of benzene rings is 3. The van der Waals surface area contributed by atoms with E-state index in [4.69, 9.17) is 4.74 Å². The van der Waals surface area contributed by atoms with Crippen LogP contribution in [0.3, 0.4) is 0 Å². The minimum atomic E-state index is -4.75. The predicted octanol–water partition coefficient (Wildman–Crippen LogP) is 7.60. The normalized spacial score (nSPS) is 11.9. The molecular weight excluding hydrogens is 459 g/mol. The number of hydrogen-bond acceptors (Lipinski definition) is 5. The maximum absolute atomic E-state index is 12.4. The average molecular weight is 486 g/mol. The Labute approximate surface area is 202 Å². The van der Waals surface area contributed by atoms with Crippen molar-refractivity contribution >= 4 is 23.4 Å². The number of ether oxygens (including phenoxy) is 3. The Kier molecular flexibility index (Phi) is 7.74. The zero-order valence-electron chi connectivity index (χ0n) is 19.8. The molecular formula is C27H26F3NO4. The van der Waals surface area contributed by atoms with E-state index in [0.29, 0.717) is 28.4 Å². The Hall–Kier alpha value is -3.94. The molecule has 0 bridgehead atoms. The smallest absolute Gasteiger partial charge is 0.466 e. The highest BCUT2D eigenvalue weighted by molar-refractivity contribution is 5.87. The molecule has 0 radical (unpaired) electrons. The molecule has 0 heterocycles. The molecule has 0 atom stereocenters. The summed E-state index contributed by atoms with van der Waals surface area (Å²) in [4.78, 5) is 11.6. The Morgan fingerprint density at radius 2 is 1.46 bits per heavy atom. The van der Waals surface area contributed by atoms with Gasteiger partial charge in [-0.2, -0.15) is 0 Å². The number of methoxy groups -OCH3 is 1. The van der Waals surface area contributed by atoms with Gasteiger partial charge < -0.3 is 19.5 Å². The highest BCUT2D eigenvalue weighted by Gasteiger charge is 2.30. The number of rotatable bonds is 7. The van der Waals surface area contributed by atoms with Crippen LogP contribution in [0.2, 0.25) is 0 Å². The molecule has 184 valence electrons. The molecule has 0 unspecified atom stereocenters. The Morgan fingerprint density at radius 1 is 0.857 bits per heavy atom. The summed E-state index contributed by atoms with van der Waals surface area (Å²) in [7, 11) is 1.29. The monoisotopic (exact) mass is 485 g/mol. The highest BCUT2D eigenvalue weighted by Crippen LogP contribution is 2.33. The molecule has 0 aromatic heterocycles. The lowest BCUT2D eigenvalue weighted by Gasteiger charge is -2.19. The zero-order chi connectivity index (χ0) is 25.6. The molecule has 0 aliphatic heterocycles. The molecule has 35 heavy (non-hydrogen) atoms. The molecule has 0 saturated heterocycles. The van der Waals surface area contributed by atoms with Crippen molar-refractivity contribution in [1.29, 1.82) is 0 Å². The van der Waals surface area contributed by atoms with Crippen LogP contribution >= 0.6 is 0 Å². The largest absolute Gasteiger partial charge is 0.573 e. The van der Waals surface area contributed by atoms with Crippen LogP contribution in [0, 0.1) is 0 Å². The van der Waals surface area contributed by atoms with Crippen molar-refractivity contribution in [2.45, 2.75) is 32.5 Å². The first-order chi connectivity index (χ1) is 16.4. The van der Waals surface area contributed by atoms with Crippen LogP contribution in [0.5, 0.6) is 17.2 Å². The summed E-state index contributed by atoms with van der Waals surface area (Å²) in [5, 5.41) is 3.12. The molecule has 0 aliphatic rings. The third-order valence-corrected chi connectivity index (χ3v) is 4.94. The third kappa shape index (κ3) is 7.81. The first-order valence-corrected chi connectivity index (χ1v) is 10.7. The van der Waals surface area contributed by atoms with Gasteiger partial charge in [-0.25, -0.2) is 4.79 Å². The van der Waals surface area contributed by atoms with Gasteiger partial charge in [0, 0.05) is 29.1 Å². The first-order valence-electron chi connectivity index (χ1n) is 10.7. The van der Waals surface area contributed by atoms with E-state index in [9.17, 15) is 18.0 Å². The van der Waals surface area contributed by atoms with Crippen LogP contribution in [-0.4, -0.2) is 19.4 Å². The molecule has 0 spiro atoms. The van der Waals surface area contributed by atoms with Gasteiger partial charge in [0.2, 0.25) is 0 Å². The number of nitrogens with one attached hydrogen (secondary N) is 1. The van der Waals surface area contributed by atoms with Gasteiger partial charge in [0.1, 0.15) is 17.2 Å². The van der Waals surface area contributed by atoms with Gasteiger partial charge >= 0.3 is 12.3 Å². The SMILES string of the molecule is COC(=O)C=Cc1ccc(Nc2ccc(OC(F)(F)F)cc2)cc1Oc1ccc(C(C)(C)C)cc1. The fraction of sp³-hybridized carbons (Fsp3) is 0.222. The lowest BCUT2D eigenvalue weighted by Crippen LogP contribution is -2.16. The number of carbonyl (C=O) groups is 1. The van der Waals surface area contributed by atoms with Crippen molar-refractivity contribution in [3.63, 3.8) is 0 Å². The van der Waals surface area contributed by atoms with E-state index < -0.39 is 12.3 Å². The molecule has 0 aliphatic carbocycles. The molecule has 1 N–H and O–H groups in total. The second kappa shape index (κ2) is 10.5. The van der Waals surface area contributed by atoms with E-state index in [0.717, 1.165) is 5.56 Å². The quantitative estimate of drug-likeness (QED) is 0.276. The van der Waals surface area contributed by atoms with E-state index in [1.807, 2.05) is 24.3 Å². The van der Waals surface area contributed by atoms with E-state index in [1.54, 1.807) is 24.3 Å². The minimum Gasteiger partial charge on any atom is -0.466 e.